The first kappa shape index (κ1) is 13.9. The van der Waals surface area contributed by atoms with E-state index in [0.717, 1.165) is 38.3 Å². The molecule has 17 heavy (non-hydrogen) atoms. The van der Waals surface area contributed by atoms with Crippen molar-refractivity contribution < 1.29 is 9.84 Å². The summed E-state index contributed by atoms with van der Waals surface area (Å²) in [5.41, 5.74) is 2.16. The normalized spacial score (nSPS) is 10.4. The van der Waals surface area contributed by atoms with Gasteiger partial charge in [-0.3, -0.25) is 0 Å². The van der Waals surface area contributed by atoms with Crippen LogP contribution in [0.1, 0.15) is 17.5 Å². The van der Waals surface area contributed by atoms with Gasteiger partial charge in [0.2, 0.25) is 0 Å². The maximum absolute atomic E-state index is 8.91. The third-order valence-corrected chi connectivity index (χ3v) is 2.42. The highest BCUT2D eigenvalue weighted by Gasteiger charge is 1.94. The number of nitrogens with one attached hydrogen (secondary N) is 1. The van der Waals surface area contributed by atoms with Gasteiger partial charge in [0.15, 0.2) is 0 Å². The Kier molecular flexibility index (Phi) is 7.30. The topological polar surface area (TPSA) is 41.5 Å². The molecule has 0 heterocycles. The minimum atomic E-state index is 0.102. The lowest BCUT2D eigenvalue weighted by Crippen LogP contribution is -2.19. The molecule has 1 aromatic rings. The lowest BCUT2D eigenvalue weighted by Gasteiger charge is -2.06. The fourth-order valence-electron chi connectivity index (χ4n) is 1.41. The molecule has 0 radical (unpaired) electrons. The molecular weight excluding hydrogens is 214 g/mol. The van der Waals surface area contributed by atoms with Crippen LogP contribution in [-0.4, -0.2) is 24.9 Å². The smallest absolute Gasteiger partial charge is 0.0681 e. The van der Waals surface area contributed by atoms with Crippen LogP contribution in [0, 0.1) is 0 Å². The average Bonchev–Trinajstić information content (AvgIpc) is 2.38. The Morgan fingerprint density at radius 1 is 1.18 bits per heavy atom. The predicted molar refractivity (Wildman–Crippen MR) is 69.7 cm³/mol. The van der Waals surface area contributed by atoms with Crippen molar-refractivity contribution in [2.75, 3.05) is 19.8 Å². The molecule has 0 bridgehead atoms. The molecule has 94 valence electrons. The second-order valence-electron chi connectivity index (χ2n) is 3.84. The zero-order chi connectivity index (χ0) is 12.3. The monoisotopic (exact) mass is 235 g/mol. The number of aliphatic hydroxyl groups is 1. The Hall–Kier alpha value is -1.16. The van der Waals surface area contributed by atoms with Gasteiger partial charge in [-0.05, 0) is 17.5 Å². The maximum atomic E-state index is 8.91. The Morgan fingerprint density at radius 2 is 1.88 bits per heavy atom. The first-order valence-corrected chi connectivity index (χ1v) is 5.95. The number of benzene rings is 1. The van der Waals surface area contributed by atoms with E-state index in [1.807, 2.05) is 30.3 Å². The molecule has 0 amide bonds. The van der Waals surface area contributed by atoms with Crippen molar-refractivity contribution in [1.82, 2.24) is 5.32 Å². The van der Waals surface area contributed by atoms with Gasteiger partial charge in [-0.15, -0.1) is 6.58 Å². The van der Waals surface area contributed by atoms with E-state index in [-0.39, 0.29) is 6.61 Å². The van der Waals surface area contributed by atoms with Crippen LogP contribution in [0.2, 0.25) is 0 Å². The van der Waals surface area contributed by atoms with E-state index in [4.69, 9.17) is 9.84 Å². The zero-order valence-electron chi connectivity index (χ0n) is 10.2. The summed E-state index contributed by atoms with van der Waals surface area (Å²) in [4.78, 5) is 0. The summed E-state index contributed by atoms with van der Waals surface area (Å²) in [6.45, 7) is 6.88. The van der Waals surface area contributed by atoms with E-state index < -0.39 is 0 Å². The number of aliphatic hydroxyl groups excluding tert-OH is 1. The highest BCUT2D eigenvalue weighted by Crippen LogP contribution is 2.03. The van der Waals surface area contributed by atoms with Gasteiger partial charge in [0.25, 0.3) is 0 Å². The number of ether oxygens (including phenoxy) is 1. The molecule has 3 nitrogen and oxygen atoms in total. The number of rotatable bonds is 9. The fourth-order valence-corrected chi connectivity index (χ4v) is 1.41. The molecule has 0 fully saturated rings. The lowest BCUT2D eigenvalue weighted by atomic mass is 10.1. The van der Waals surface area contributed by atoms with Gasteiger partial charge in [-0.1, -0.05) is 30.3 Å². The Balaban J connectivity index is 2.07. The quantitative estimate of drug-likeness (QED) is 0.507. The minimum absolute atomic E-state index is 0.102. The molecule has 0 atom stereocenters. The van der Waals surface area contributed by atoms with Crippen LogP contribution in [0.4, 0.5) is 0 Å². The summed E-state index contributed by atoms with van der Waals surface area (Å²) in [7, 11) is 0. The molecule has 0 aromatic heterocycles. The highest BCUT2D eigenvalue weighted by molar-refractivity contribution is 5.21. The summed E-state index contributed by atoms with van der Waals surface area (Å²) in [5, 5.41) is 12.2. The second kappa shape index (κ2) is 8.93. The van der Waals surface area contributed by atoms with Gasteiger partial charge in [0.05, 0.1) is 19.8 Å². The van der Waals surface area contributed by atoms with Gasteiger partial charge in [0, 0.05) is 13.1 Å². The molecule has 0 aliphatic carbocycles. The number of hydrogen-bond acceptors (Lipinski definition) is 3. The first-order valence-electron chi connectivity index (χ1n) is 5.95. The van der Waals surface area contributed by atoms with Crippen LogP contribution in [0.25, 0.3) is 0 Å². The summed E-state index contributed by atoms with van der Waals surface area (Å²) < 4.78 is 5.38. The zero-order valence-corrected chi connectivity index (χ0v) is 10.2. The summed E-state index contributed by atoms with van der Waals surface area (Å²) in [6, 6.07) is 7.93. The molecule has 0 unspecified atom stereocenters. The SMILES string of the molecule is C=CCCOCCNCc1ccc(CO)cc1. The Labute approximate surface area is 103 Å². The second-order valence-corrected chi connectivity index (χ2v) is 3.84. The van der Waals surface area contributed by atoms with E-state index in [0.29, 0.717) is 0 Å². The van der Waals surface area contributed by atoms with Crippen molar-refractivity contribution in [2.24, 2.45) is 0 Å². The van der Waals surface area contributed by atoms with Crippen molar-refractivity contribution in [2.45, 2.75) is 19.6 Å². The van der Waals surface area contributed by atoms with Crippen LogP contribution < -0.4 is 5.32 Å². The van der Waals surface area contributed by atoms with E-state index in [1.54, 1.807) is 0 Å². The van der Waals surface area contributed by atoms with E-state index in [2.05, 4.69) is 11.9 Å². The summed E-state index contributed by atoms with van der Waals surface area (Å²) in [5.74, 6) is 0. The number of hydrogen-bond donors (Lipinski definition) is 2. The van der Waals surface area contributed by atoms with Crippen molar-refractivity contribution in [3.8, 4) is 0 Å². The van der Waals surface area contributed by atoms with Gasteiger partial charge >= 0.3 is 0 Å². The highest BCUT2D eigenvalue weighted by atomic mass is 16.5. The van der Waals surface area contributed by atoms with E-state index in [1.165, 1.54) is 5.56 Å². The third kappa shape index (κ3) is 6.22. The fraction of sp³-hybridized carbons (Fsp3) is 0.429. The molecule has 2 N–H and O–H groups in total. The van der Waals surface area contributed by atoms with Crippen molar-refractivity contribution in [3.05, 3.63) is 48.0 Å². The molecule has 1 aromatic carbocycles. The van der Waals surface area contributed by atoms with Gasteiger partial charge in [0.1, 0.15) is 0 Å². The molecule has 1 rings (SSSR count). The molecule has 0 aliphatic heterocycles. The van der Waals surface area contributed by atoms with Crippen LogP contribution in [-0.2, 0) is 17.9 Å². The van der Waals surface area contributed by atoms with Gasteiger partial charge < -0.3 is 15.2 Å². The minimum Gasteiger partial charge on any atom is -0.392 e. The summed E-state index contributed by atoms with van der Waals surface area (Å²) in [6.07, 6.45) is 2.76. The van der Waals surface area contributed by atoms with Crippen molar-refractivity contribution in [3.63, 3.8) is 0 Å². The van der Waals surface area contributed by atoms with Gasteiger partial charge in [-0.2, -0.15) is 0 Å². The summed E-state index contributed by atoms with van der Waals surface area (Å²) >= 11 is 0. The molecule has 0 saturated heterocycles. The molecule has 0 spiro atoms. The Morgan fingerprint density at radius 3 is 2.53 bits per heavy atom. The van der Waals surface area contributed by atoms with Crippen molar-refractivity contribution in [1.29, 1.82) is 0 Å². The van der Waals surface area contributed by atoms with Crippen LogP contribution in [0.15, 0.2) is 36.9 Å². The van der Waals surface area contributed by atoms with E-state index >= 15 is 0 Å². The van der Waals surface area contributed by atoms with Crippen molar-refractivity contribution >= 4 is 0 Å². The van der Waals surface area contributed by atoms with E-state index in [9.17, 15) is 0 Å². The van der Waals surface area contributed by atoms with Crippen LogP contribution in [0.3, 0.4) is 0 Å². The molecule has 3 heteroatoms. The molecular formula is C14H21NO2. The molecule has 0 aliphatic rings. The average molecular weight is 235 g/mol. The predicted octanol–water partition coefficient (Wildman–Crippen LogP) is 1.86. The van der Waals surface area contributed by atoms with Crippen LogP contribution in [0.5, 0.6) is 0 Å². The largest absolute Gasteiger partial charge is 0.392 e. The molecule has 0 saturated carbocycles. The maximum Gasteiger partial charge on any atom is 0.0681 e. The van der Waals surface area contributed by atoms with Crippen LogP contribution >= 0.6 is 0 Å². The Bertz CT molecular complexity index is 309. The third-order valence-electron chi connectivity index (χ3n) is 2.42. The van der Waals surface area contributed by atoms with Gasteiger partial charge in [-0.25, -0.2) is 0 Å². The standard InChI is InChI=1S/C14H21NO2/c1-2-3-9-17-10-8-15-11-13-4-6-14(12-16)7-5-13/h2,4-7,15-16H,1,3,8-12H2. The first-order chi connectivity index (χ1) is 8.36. The lowest BCUT2D eigenvalue weighted by molar-refractivity contribution is 0.140.